The molecule has 0 amide bonds. The van der Waals surface area contributed by atoms with Gasteiger partial charge in [0, 0.05) is 54.9 Å². The normalized spacial score (nSPS) is 15.7. The lowest BCUT2D eigenvalue weighted by Gasteiger charge is -2.30. The van der Waals surface area contributed by atoms with Crippen LogP contribution in [0, 0.1) is 0 Å². The van der Waals surface area contributed by atoms with Crippen LogP contribution in [0.5, 0.6) is 0 Å². The number of nitrogens with zero attached hydrogens (tertiary/aromatic N) is 2. The van der Waals surface area contributed by atoms with Crippen molar-refractivity contribution in [3.8, 4) is 44.5 Å². The van der Waals surface area contributed by atoms with E-state index in [2.05, 4.69) is 282 Å². The summed E-state index contributed by atoms with van der Waals surface area (Å²) in [5.41, 5.74) is 26.0. The Balaban J connectivity index is 0.919. The van der Waals surface area contributed by atoms with Crippen molar-refractivity contribution in [1.82, 2.24) is 0 Å². The molecule has 0 bridgehead atoms. The second-order valence-electron chi connectivity index (χ2n) is 25.5. The second kappa shape index (κ2) is 16.4. The van der Waals surface area contributed by atoms with E-state index in [1.807, 2.05) is 0 Å². The summed E-state index contributed by atoms with van der Waals surface area (Å²) in [6, 6.07) is 81.8. The topological polar surface area (TPSA) is 32.8 Å². The van der Waals surface area contributed by atoms with Crippen LogP contribution in [0.4, 0.5) is 34.1 Å². The van der Waals surface area contributed by atoms with Gasteiger partial charge in [-0.25, -0.2) is 0 Å². The Morgan fingerprint density at radius 2 is 0.683 bits per heavy atom. The molecule has 2 aliphatic carbocycles. The van der Waals surface area contributed by atoms with E-state index in [4.69, 9.17) is 8.83 Å². The molecule has 394 valence electrons. The van der Waals surface area contributed by atoms with Gasteiger partial charge in [-0.2, -0.15) is 0 Å². The molecule has 0 saturated carbocycles. The molecule has 17 rings (SSSR count). The molecule has 0 N–H and O–H groups in total. The van der Waals surface area contributed by atoms with Gasteiger partial charge in [-0.3, -0.25) is 0 Å². The predicted molar refractivity (Wildman–Crippen MR) is 350 cm³/mol. The molecule has 2 aromatic heterocycles. The molecule has 0 saturated heterocycles. The first-order chi connectivity index (χ1) is 39.7. The fourth-order valence-corrected chi connectivity index (χ4v) is 21.9. The molecule has 6 heteroatoms. The third-order valence-electron chi connectivity index (χ3n) is 19.8. The van der Waals surface area contributed by atoms with Gasteiger partial charge >= 0.3 is 0 Å². The van der Waals surface area contributed by atoms with Gasteiger partial charge < -0.3 is 18.6 Å². The maximum absolute atomic E-state index is 7.34. The number of hydrogen-bond donors (Lipinski definition) is 0. The highest BCUT2D eigenvalue weighted by molar-refractivity contribution is 7.06. The molecule has 0 radical (unpaired) electrons. The molecule has 0 unspecified atom stereocenters. The van der Waals surface area contributed by atoms with Crippen LogP contribution in [0.15, 0.2) is 227 Å². The van der Waals surface area contributed by atoms with Crippen molar-refractivity contribution in [1.29, 1.82) is 0 Å². The SMILES string of the molecule is CC1(C)c2ccccc2-c2c(N(c3ccccc3)c3cc4c(c5c3oc3ccccc35)-c3cc5c(cc3[Si]4(C)C)-c3c(cc(N(c4ccccc4)c4cccc6c4-c4ccccc4C6(C)C)c4oc6ccccc6c34)[Si]5(C)C)cccc21. The largest absolute Gasteiger partial charge is 0.454 e. The highest BCUT2D eigenvalue weighted by atomic mass is 28.3. The Hall–Kier alpha value is -8.95. The first-order valence-corrected chi connectivity index (χ1v) is 35.1. The van der Waals surface area contributed by atoms with E-state index in [1.54, 1.807) is 0 Å². The molecule has 2 aliphatic heterocycles. The maximum Gasteiger partial charge on any atom is 0.160 e. The quantitative estimate of drug-likeness (QED) is 0.155. The van der Waals surface area contributed by atoms with Gasteiger partial charge in [-0.1, -0.05) is 212 Å². The number of hydrogen-bond acceptors (Lipinski definition) is 4. The Labute approximate surface area is 480 Å². The van der Waals surface area contributed by atoms with Gasteiger partial charge in [0.2, 0.25) is 0 Å². The lowest BCUT2D eigenvalue weighted by Crippen LogP contribution is -2.51. The molecule has 82 heavy (non-hydrogen) atoms. The van der Waals surface area contributed by atoms with Crippen LogP contribution in [-0.4, -0.2) is 16.1 Å². The van der Waals surface area contributed by atoms with Crippen molar-refractivity contribution in [3.05, 3.63) is 241 Å². The Kier molecular flexibility index (Phi) is 9.55. The van der Waals surface area contributed by atoms with Crippen LogP contribution in [-0.2, 0) is 10.8 Å². The van der Waals surface area contributed by atoms with Crippen LogP contribution < -0.4 is 30.5 Å². The fraction of sp³-hybridized carbons (Fsp3) is 0.132. The van der Waals surface area contributed by atoms with E-state index in [1.165, 1.54) is 98.3 Å². The maximum atomic E-state index is 7.34. The van der Waals surface area contributed by atoms with Gasteiger partial charge in [0.15, 0.2) is 11.2 Å². The van der Waals surface area contributed by atoms with Crippen LogP contribution >= 0.6 is 0 Å². The number of rotatable bonds is 6. The monoisotopic (exact) mass is 1090 g/mol. The zero-order valence-electron chi connectivity index (χ0n) is 47.5. The van der Waals surface area contributed by atoms with Crippen molar-refractivity contribution < 1.29 is 8.83 Å². The molecular formula is C76H60N2O2Si2. The van der Waals surface area contributed by atoms with Gasteiger partial charge in [0.05, 0.1) is 22.7 Å². The summed E-state index contributed by atoms with van der Waals surface area (Å²) in [5, 5.41) is 10.6. The number of fused-ring (bicyclic) bond motifs is 20. The van der Waals surface area contributed by atoms with E-state index in [9.17, 15) is 0 Å². The Bertz CT molecular complexity index is 4630. The van der Waals surface area contributed by atoms with Gasteiger partial charge in [0.1, 0.15) is 27.3 Å². The van der Waals surface area contributed by atoms with Gasteiger partial charge in [-0.15, -0.1) is 0 Å². The summed E-state index contributed by atoms with van der Waals surface area (Å²) in [6.07, 6.45) is 0. The highest BCUT2D eigenvalue weighted by Crippen LogP contribution is 2.58. The first kappa shape index (κ1) is 47.8. The second-order valence-corrected chi connectivity index (χ2v) is 34.2. The van der Waals surface area contributed by atoms with E-state index in [0.29, 0.717) is 0 Å². The molecule has 4 heterocycles. The highest BCUT2D eigenvalue weighted by Gasteiger charge is 2.48. The lowest BCUT2D eigenvalue weighted by molar-refractivity contribution is 0.660. The van der Waals surface area contributed by atoms with Crippen LogP contribution in [0.25, 0.3) is 88.4 Å². The Morgan fingerprint density at radius 1 is 0.317 bits per heavy atom. The summed E-state index contributed by atoms with van der Waals surface area (Å²) in [4.78, 5) is 5.03. The number of anilines is 6. The van der Waals surface area contributed by atoms with Crippen molar-refractivity contribution in [3.63, 3.8) is 0 Å². The van der Waals surface area contributed by atoms with Crippen molar-refractivity contribution in [2.75, 3.05) is 9.80 Å². The molecular weight excluding hydrogens is 1030 g/mol. The summed E-state index contributed by atoms with van der Waals surface area (Å²) >= 11 is 0. The van der Waals surface area contributed by atoms with E-state index in [0.717, 1.165) is 67.2 Å². The molecule has 4 nitrogen and oxygen atoms in total. The molecule has 0 spiro atoms. The standard InChI is InChI=1S/C76H60N2O2Si2/c1-75(2)53-33-19-15-29-47(53)67-55(75)35-23-37-57(67)77(45-25-11-9-12-26-45)59-43-65-69(71-49-31-17-21-39-61(49)79-73(59)71)51-41-64-52(42-63(51)81(65,5)6)70-66(82(64,7)8)44-60(74-72(70)50-32-18-22-40-62(50)80-74)78(46-27-13-10-14-28-46)58-38-24-36-56-68(58)48-30-16-20-34-54(48)76(56,3)4/h9-44H,1-8H3. The van der Waals surface area contributed by atoms with Crippen molar-refractivity contribution >= 4 is 115 Å². The van der Waals surface area contributed by atoms with Gasteiger partial charge in [0.25, 0.3) is 0 Å². The summed E-state index contributed by atoms with van der Waals surface area (Å²) < 4.78 is 14.7. The first-order valence-electron chi connectivity index (χ1n) is 29.1. The number of para-hydroxylation sites is 4. The van der Waals surface area contributed by atoms with Gasteiger partial charge in [-0.05, 0) is 137 Å². The zero-order chi connectivity index (χ0) is 55.3. The minimum atomic E-state index is -2.51. The minimum Gasteiger partial charge on any atom is -0.454 e. The molecule has 0 atom stereocenters. The lowest BCUT2D eigenvalue weighted by atomic mass is 9.82. The average Bonchev–Trinajstić information content (AvgIpc) is 2.25. The molecule has 4 aliphatic rings. The minimum absolute atomic E-state index is 0.160. The summed E-state index contributed by atoms with van der Waals surface area (Å²) in [5.74, 6) is 0. The Morgan fingerprint density at radius 3 is 1.11 bits per heavy atom. The zero-order valence-corrected chi connectivity index (χ0v) is 49.5. The van der Waals surface area contributed by atoms with Crippen LogP contribution in [0.3, 0.4) is 0 Å². The third-order valence-corrected chi connectivity index (χ3v) is 26.8. The number of benzene rings is 11. The van der Waals surface area contributed by atoms with E-state index < -0.39 is 16.1 Å². The van der Waals surface area contributed by atoms with Crippen LogP contribution in [0.2, 0.25) is 26.2 Å². The smallest absolute Gasteiger partial charge is 0.160 e. The molecule has 0 fully saturated rings. The predicted octanol–water partition coefficient (Wildman–Crippen LogP) is 18.6. The number of furan rings is 2. The summed E-state index contributed by atoms with van der Waals surface area (Å²) in [6.45, 7) is 19.9. The van der Waals surface area contributed by atoms with Crippen LogP contribution in [0.1, 0.15) is 49.9 Å². The summed E-state index contributed by atoms with van der Waals surface area (Å²) in [7, 11) is -5.02. The molecule has 13 aromatic rings. The third kappa shape index (κ3) is 6.10. The van der Waals surface area contributed by atoms with Crippen molar-refractivity contribution in [2.45, 2.75) is 64.7 Å². The average molecular weight is 1090 g/mol. The van der Waals surface area contributed by atoms with Crippen molar-refractivity contribution in [2.24, 2.45) is 0 Å². The molecule has 11 aromatic carbocycles. The fourth-order valence-electron chi connectivity index (χ4n) is 15.8. The van der Waals surface area contributed by atoms with E-state index in [-0.39, 0.29) is 10.8 Å². The van der Waals surface area contributed by atoms with E-state index >= 15 is 0 Å².